The molecular formula is C46H66N6O2. The minimum Gasteiger partial charge on any atom is -0.351 e. The highest BCUT2D eigenvalue weighted by Crippen LogP contribution is 2.54. The number of carbonyl (C=O) groups excluding carboxylic acids is 2. The number of rotatable bonds is 12. The van der Waals surface area contributed by atoms with Crippen molar-refractivity contribution >= 4 is 12.1 Å². The van der Waals surface area contributed by atoms with E-state index in [2.05, 4.69) is 58.3 Å². The summed E-state index contributed by atoms with van der Waals surface area (Å²) in [6, 6.07) is 20.8. The molecule has 5 fully saturated rings. The normalized spacial score (nSPS) is 34.4. The molecule has 0 radical (unpaired) electrons. The molecule has 4 heterocycles. The highest BCUT2D eigenvalue weighted by molar-refractivity contribution is 5.73. The van der Waals surface area contributed by atoms with Crippen molar-refractivity contribution in [2.24, 2.45) is 35.1 Å². The van der Waals surface area contributed by atoms with Crippen LogP contribution in [-0.2, 0) is 0 Å². The number of primary amides is 2. The number of fused-ring (bicyclic) bond motifs is 10. The molecule has 9 rings (SSSR count). The Balaban J connectivity index is 0.717. The van der Waals surface area contributed by atoms with Crippen molar-refractivity contribution in [2.75, 3.05) is 26.2 Å². The molecule has 3 aliphatic carbocycles. The summed E-state index contributed by atoms with van der Waals surface area (Å²) < 4.78 is 0. The van der Waals surface area contributed by atoms with Crippen LogP contribution in [0.5, 0.6) is 0 Å². The zero-order valence-electron chi connectivity index (χ0n) is 32.7. The van der Waals surface area contributed by atoms with E-state index in [1.807, 2.05) is 9.80 Å². The summed E-state index contributed by atoms with van der Waals surface area (Å²) in [5.74, 6) is 2.37. The van der Waals surface area contributed by atoms with Crippen LogP contribution in [0.15, 0.2) is 48.5 Å². The summed E-state index contributed by atoms with van der Waals surface area (Å²) in [6.07, 6.45) is 21.3. The number of benzene rings is 2. The molecule has 8 nitrogen and oxygen atoms in total. The molecule has 8 heteroatoms. The van der Waals surface area contributed by atoms with Crippen molar-refractivity contribution in [1.29, 1.82) is 0 Å². The maximum absolute atomic E-state index is 12.9. The second-order valence-corrected chi connectivity index (χ2v) is 18.8. The van der Waals surface area contributed by atoms with Crippen molar-refractivity contribution in [2.45, 2.75) is 152 Å². The molecule has 4 bridgehead atoms. The minimum atomic E-state index is -0.246. The largest absolute Gasteiger partial charge is 0.351 e. The van der Waals surface area contributed by atoms with E-state index in [9.17, 15) is 9.59 Å². The van der Waals surface area contributed by atoms with Crippen LogP contribution >= 0.6 is 0 Å². The van der Waals surface area contributed by atoms with Crippen LogP contribution in [-0.4, -0.2) is 69.9 Å². The van der Waals surface area contributed by atoms with E-state index in [4.69, 9.17) is 11.5 Å². The summed E-state index contributed by atoms with van der Waals surface area (Å²) in [4.78, 5) is 35.5. The third-order valence-corrected chi connectivity index (χ3v) is 15.9. The first-order chi connectivity index (χ1) is 26.4. The van der Waals surface area contributed by atoms with Crippen molar-refractivity contribution in [1.82, 2.24) is 19.6 Å². The zero-order valence-corrected chi connectivity index (χ0v) is 32.7. The van der Waals surface area contributed by atoms with E-state index >= 15 is 0 Å². The fourth-order valence-electron chi connectivity index (χ4n) is 13.2. The molecule has 7 aliphatic rings. The van der Waals surface area contributed by atoms with Gasteiger partial charge in [-0.05, 0) is 168 Å². The van der Waals surface area contributed by atoms with Gasteiger partial charge in [-0.25, -0.2) is 9.59 Å². The molecule has 6 atom stereocenters. The molecule has 54 heavy (non-hydrogen) atoms. The van der Waals surface area contributed by atoms with Crippen LogP contribution in [0, 0.1) is 23.7 Å². The van der Waals surface area contributed by atoms with Crippen LogP contribution in [0.1, 0.15) is 162 Å². The van der Waals surface area contributed by atoms with E-state index in [-0.39, 0.29) is 24.1 Å². The van der Waals surface area contributed by atoms with E-state index in [1.165, 1.54) is 77.3 Å². The zero-order chi connectivity index (χ0) is 36.8. The summed E-state index contributed by atoms with van der Waals surface area (Å²) in [6.45, 7) is 3.92. The first-order valence-electron chi connectivity index (χ1n) is 22.2. The molecule has 2 unspecified atom stereocenters. The summed E-state index contributed by atoms with van der Waals surface area (Å²) in [5.41, 5.74) is 18.5. The molecule has 4 N–H and O–H groups in total. The summed E-state index contributed by atoms with van der Waals surface area (Å²) in [7, 11) is 0. The van der Waals surface area contributed by atoms with Crippen molar-refractivity contribution < 1.29 is 9.59 Å². The van der Waals surface area contributed by atoms with E-state index in [0.29, 0.717) is 36.0 Å². The quantitative estimate of drug-likeness (QED) is 0.227. The Morgan fingerprint density at radius 3 is 1.19 bits per heavy atom. The average molecular weight is 735 g/mol. The Morgan fingerprint density at radius 1 is 0.500 bits per heavy atom. The Hall–Kier alpha value is -3.10. The van der Waals surface area contributed by atoms with Crippen LogP contribution in [0.2, 0.25) is 0 Å². The highest BCUT2D eigenvalue weighted by Gasteiger charge is 2.45. The third-order valence-electron chi connectivity index (χ3n) is 15.9. The molecule has 0 spiro atoms. The Bertz CT molecular complexity index is 1450. The fourth-order valence-corrected chi connectivity index (χ4v) is 13.2. The minimum absolute atomic E-state index is 0.246. The van der Waals surface area contributed by atoms with Gasteiger partial charge in [-0.1, -0.05) is 55.0 Å². The predicted molar refractivity (Wildman–Crippen MR) is 214 cm³/mol. The Labute approximate surface area is 324 Å². The average Bonchev–Trinajstić information content (AvgIpc) is 3.96. The lowest BCUT2D eigenvalue weighted by molar-refractivity contribution is 0.0963. The molecule has 2 aromatic carbocycles. The first kappa shape index (κ1) is 36.5. The van der Waals surface area contributed by atoms with Gasteiger partial charge in [-0.15, -0.1) is 0 Å². The maximum Gasteiger partial charge on any atom is 0.315 e. The number of hydrogen-bond acceptors (Lipinski definition) is 4. The summed E-state index contributed by atoms with van der Waals surface area (Å²) >= 11 is 0. The van der Waals surface area contributed by atoms with E-state index < -0.39 is 0 Å². The van der Waals surface area contributed by atoms with Gasteiger partial charge in [0.05, 0.1) is 0 Å². The molecule has 292 valence electrons. The summed E-state index contributed by atoms with van der Waals surface area (Å²) in [5, 5.41) is 0. The van der Waals surface area contributed by atoms with E-state index in [0.717, 1.165) is 76.3 Å². The molecule has 0 aromatic heterocycles. The molecule has 4 amide bonds. The Kier molecular flexibility index (Phi) is 10.7. The van der Waals surface area contributed by atoms with Crippen molar-refractivity contribution in [3.8, 4) is 0 Å². The molecule has 2 aromatic rings. The molecular weight excluding hydrogens is 669 g/mol. The number of nitrogens with zero attached hydrogens (tertiary/aromatic N) is 4. The second-order valence-electron chi connectivity index (χ2n) is 18.8. The lowest BCUT2D eigenvalue weighted by Gasteiger charge is -2.42. The lowest BCUT2D eigenvalue weighted by atomic mass is 9.79. The predicted octanol–water partition coefficient (Wildman–Crippen LogP) is 9.24. The van der Waals surface area contributed by atoms with Gasteiger partial charge in [-0.3, -0.25) is 9.80 Å². The van der Waals surface area contributed by atoms with Gasteiger partial charge in [0, 0.05) is 49.3 Å². The van der Waals surface area contributed by atoms with Crippen molar-refractivity contribution in [3.63, 3.8) is 0 Å². The van der Waals surface area contributed by atoms with Crippen molar-refractivity contribution in [3.05, 3.63) is 70.8 Å². The maximum atomic E-state index is 12.9. The third kappa shape index (κ3) is 7.19. The van der Waals surface area contributed by atoms with Crippen LogP contribution < -0.4 is 11.5 Å². The van der Waals surface area contributed by atoms with Gasteiger partial charge in [-0.2, -0.15) is 0 Å². The Morgan fingerprint density at radius 2 is 0.852 bits per heavy atom. The van der Waals surface area contributed by atoms with Gasteiger partial charge in [0.2, 0.25) is 0 Å². The number of amides is 4. The molecule has 4 aliphatic heterocycles. The van der Waals surface area contributed by atoms with Gasteiger partial charge >= 0.3 is 12.1 Å². The number of hydrogen-bond donors (Lipinski definition) is 2. The van der Waals surface area contributed by atoms with Gasteiger partial charge in [0.25, 0.3) is 0 Å². The standard InChI is InChI=1S/C46H66N6O2/c47-45(53)51(35-16-12-31(13-17-35)24-26-49-41-20-21-42(49)38-9-2-1-8-37(38)41)29-33-6-5-7-34(28-33)30-52(46(48)54)36-18-14-32(15-19-36)25-27-50-43-22-23-44(50)40-11-4-3-10-39(40)43/h1-4,8-11,31-36,41-44H,5-7,12-30H2,(H2,47,53)(H2,48,54)/t31?,32?,33?,34?,35?,36?,41-,42+,43-,44+. The molecule has 2 saturated heterocycles. The van der Waals surface area contributed by atoms with Crippen LogP contribution in [0.25, 0.3) is 0 Å². The molecule has 3 saturated carbocycles. The van der Waals surface area contributed by atoms with Gasteiger partial charge in [0.1, 0.15) is 0 Å². The monoisotopic (exact) mass is 735 g/mol. The van der Waals surface area contributed by atoms with Crippen LogP contribution in [0.3, 0.4) is 0 Å². The highest BCUT2D eigenvalue weighted by atomic mass is 16.2. The SMILES string of the molecule is NC(=O)N(CC1CCCC(CN(C(N)=O)C2CCC(CCN3[C@@H]4CC[C@H]3c3ccccc34)CC2)C1)C1CCC(CCN2[C@@H]3CC[C@H]2c2ccccc23)CC1. The fraction of sp³-hybridized carbons (Fsp3) is 0.696. The van der Waals surface area contributed by atoms with Crippen LogP contribution in [0.4, 0.5) is 9.59 Å². The number of nitrogens with two attached hydrogens (primary N) is 2. The van der Waals surface area contributed by atoms with E-state index in [1.54, 1.807) is 22.3 Å². The lowest BCUT2D eigenvalue weighted by Crippen LogP contribution is -2.49. The second kappa shape index (κ2) is 15.8. The number of urea groups is 2. The number of carbonyl (C=O) groups is 2. The topological polar surface area (TPSA) is 99.1 Å². The van der Waals surface area contributed by atoms with Gasteiger partial charge in [0.15, 0.2) is 0 Å². The first-order valence-corrected chi connectivity index (χ1v) is 22.2. The van der Waals surface area contributed by atoms with Gasteiger partial charge < -0.3 is 21.3 Å². The smallest absolute Gasteiger partial charge is 0.315 e.